The Bertz CT molecular complexity index is 643. The highest BCUT2D eigenvalue weighted by atomic mass is 32.1. The fourth-order valence-electron chi connectivity index (χ4n) is 2.09. The molecule has 1 amide bonds. The summed E-state index contributed by atoms with van der Waals surface area (Å²) >= 11 is 5.31. The van der Waals surface area contributed by atoms with Gasteiger partial charge in [0.15, 0.2) is 4.77 Å². The molecule has 112 valence electrons. The molecule has 0 spiro atoms. The molecule has 2 rings (SSSR count). The van der Waals surface area contributed by atoms with Crippen LogP contribution in [0.25, 0.3) is 11.3 Å². The van der Waals surface area contributed by atoms with Crippen molar-refractivity contribution in [3.63, 3.8) is 0 Å². The Morgan fingerprint density at radius 2 is 2.05 bits per heavy atom. The van der Waals surface area contributed by atoms with E-state index in [0.29, 0.717) is 30.2 Å². The fourth-order valence-corrected chi connectivity index (χ4v) is 2.33. The molecule has 0 fully saturated rings. The highest BCUT2D eigenvalue weighted by molar-refractivity contribution is 7.71. The Kier molecular flexibility index (Phi) is 5.33. The van der Waals surface area contributed by atoms with Crippen LogP contribution in [0.5, 0.6) is 0 Å². The predicted molar refractivity (Wildman–Crippen MR) is 87.5 cm³/mol. The quantitative estimate of drug-likeness (QED) is 0.804. The maximum atomic E-state index is 11.8. The van der Waals surface area contributed by atoms with Crippen LogP contribution in [0.15, 0.2) is 36.5 Å². The Balaban J connectivity index is 2.06. The molecule has 0 radical (unpaired) electrons. The summed E-state index contributed by atoms with van der Waals surface area (Å²) in [7, 11) is 0. The molecule has 2 aromatic rings. The lowest BCUT2D eigenvalue weighted by atomic mass is 10.1. The van der Waals surface area contributed by atoms with Gasteiger partial charge in [0, 0.05) is 25.7 Å². The van der Waals surface area contributed by atoms with Gasteiger partial charge in [0.2, 0.25) is 5.91 Å². The SMILES string of the molecule is CC(C)CNC(=O)CCn1c(-c2ccccc2)c[nH]c1=S. The minimum Gasteiger partial charge on any atom is -0.356 e. The summed E-state index contributed by atoms with van der Waals surface area (Å²) in [6.07, 6.45) is 2.32. The number of hydrogen-bond donors (Lipinski definition) is 2. The van der Waals surface area contributed by atoms with Crippen LogP contribution < -0.4 is 5.32 Å². The smallest absolute Gasteiger partial charge is 0.221 e. The average molecular weight is 303 g/mol. The molecule has 0 bridgehead atoms. The van der Waals surface area contributed by atoms with E-state index in [1.165, 1.54) is 0 Å². The first-order valence-electron chi connectivity index (χ1n) is 7.18. The molecule has 1 heterocycles. The van der Waals surface area contributed by atoms with Crippen LogP contribution in [0.2, 0.25) is 0 Å². The minimum absolute atomic E-state index is 0.0609. The number of hydrogen-bond acceptors (Lipinski definition) is 2. The fraction of sp³-hybridized carbons (Fsp3) is 0.375. The summed E-state index contributed by atoms with van der Waals surface area (Å²) < 4.78 is 2.62. The Hall–Kier alpha value is -1.88. The van der Waals surface area contributed by atoms with Crippen molar-refractivity contribution in [1.29, 1.82) is 0 Å². The zero-order valence-corrected chi connectivity index (χ0v) is 13.2. The van der Waals surface area contributed by atoms with E-state index in [2.05, 4.69) is 24.1 Å². The molecule has 1 aromatic heterocycles. The van der Waals surface area contributed by atoms with Gasteiger partial charge in [-0.3, -0.25) is 4.79 Å². The molecule has 5 heteroatoms. The van der Waals surface area contributed by atoms with Crippen LogP contribution in [0.1, 0.15) is 20.3 Å². The van der Waals surface area contributed by atoms with E-state index in [9.17, 15) is 4.79 Å². The molecular formula is C16H21N3OS. The number of nitrogens with zero attached hydrogens (tertiary/aromatic N) is 1. The maximum Gasteiger partial charge on any atom is 0.221 e. The van der Waals surface area contributed by atoms with Crippen molar-refractivity contribution in [3.05, 3.63) is 41.3 Å². The third-order valence-corrected chi connectivity index (χ3v) is 3.55. The topological polar surface area (TPSA) is 49.8 Å². The van der Waals surface area contributed by atoms with Crippen LogP contribution in [-0.2, 0) is 11.3 Å². The molecule has 0 aliphatic carbocycles. The van der Waals surface area contributed by atoms with Gasteiger partial charge in [0.1, 0.15) is 0 Å². The number of imidazole rings is 1. The Morgan fingerprint density at radius 1 is 1.33 bits per heavy atom. The lowest BCUT2D eigenvalue weighted by molar-refractivity contribution is -0.121. The van der Waals surface area contributed by atoms with E-state index in [4.69, 9.17) is 12.2 Å². The van der Waals surface area contributed by atoms with Crippen molar-refractivity contribution >= 4 is 18.1 Å². The van der Waals surface area contributed by atoms with Crippen LogP contribution >= 0.6 is 12.2 Å². The van der Waals surface area contributed by atoms with Crippen molar-refractivity contribution in [2.24, 2.45) is 5.92 Å². The highest BCUT2D eigenvalue weighted by Crippen LogP contribution is 2.19. The van der Waals surface area contributed by atoms with E-state index in [1.54, 1.807) is 0 Å². The first kappa shape index (κ1) is 15.5. The van der Waals surface area contributed by atoms with Crippen LogP contribution in [0.4, 0.5) is 0 Å². The normalized spacial score (nSPS) is 10.8. The monoisotopic (exact) mass is 303 g/mol. The first-order chi connectivity index (χ1) is 10.1. The molecule has 4 nitrogen and oxygen atoms in total. The van der Waals surface area contributed by atoms with Gasteiger partial charge in [-0.15, -0.1) is 0 Å². The summed E-state index contributed by atoms with van der Waals surface area (Å²) in [6.45, 7) is 5.45. The number of benzene rings is 1. The molecular weight excluding hydrogens is 282 g/mol. The number of nitrogens with one attached hydrogen (secondary N) is 2. The van der Waals surface area contributed by atoms with Crippen molar-refractivity contribution in [2.75, 3.05) is 6.54 Å². The standard InChI is InChI=1S/C16H21N3OS/c1-12(2)10-17-15(20)8-9-19-14(11-18-16(19)21)13-6-4-3-5-7-13/h3-7,11-12H,8-10H2,1-2H3,(H,17,20)(H,18,21). The van der Waals surface area contributed by atoms with E-state index in [1.807, 2.05) is 41.1 Å². The Labute approximate surface area is 130 Å². The van der Waals surface area contributed by atoms with Gasteiger partial charge >= 0.3 is 0 Å². The summed E-state index contributed by atoms with van der Waals surface area (Å²) in [5.41, 5.74) is 2.10. The number of amides is 1. The van der Waals surface area contributed by atoms with Gasteiger partial charge in [-0.25, -0.2) is 0 Å². The number of carbonyl (C=O) groups excluding carboxylic acids is 1. The second kappa shape index (κ2) is 7.22. The van der Waals surface area contributed by atoms with Crippen LogP contribution in [-0.4, -0.2) is 22.0 Å². The van der Waals surface area contributed by atoms with E-state index < -0.39 is 0 Å². The number of aromatic amines is 1. The van der Waals surface area contributed by atoms with Crippen molar-refractivity contribution < 1.29 is 4.79 Å². The zero-order chi connectivity index (χ0) is 15.2. The summed E-state index contributed by atoms with van der Waals surface area (Å²) in [5, 5.41) is 2.93. The van der Waals surface area contributed by atoms with E-state index in [0.717, 1.165) is 11.3 Å². The molecule has 0 aliphatic heterocycles. The van der Waals surface area contributed by atoms with Gasteiger partial charge in [-0.05, 0) is 23.7 Å². The zero-order valence-electron chi connectivity index (χ0n) is 12.4. The molecule has 2 N–H and O–H groups in total. The third kappa shape index (κ3) is 4.29. The summed E-state index contributed by atoms with van der Waals surface area (Å²) in [4.78, 5) is 14.9. The molecule has 0 saturated heterocycles. The molecule has 0 aliphatic rings. The summed E-state index contributed by atoms with van der Waals surface area (Å²) in [5.74, 6) is 0.522. The van der Waals surface area contributed by atoms with Gasteiger partial charge in [-0.2, -0.15) is 0 Å². The van der Waals surface area contributed by atoms with Crippen LogP contribution in [0, 0.1) is 10.7 Å². The lowest BCUT2D eigenvalue weighted by Crippen LogP contribution is -2.28. The second-order valence-electron chi connectivity index (χ2n) is 5.44. The van der Waals surface area contributed by atoms with Gasteiger partial charge < -0.3 is 14.9 Å². The number of rotatable bonds is 6. The van der Waals surface area contributed by atoms with Crippen molar-refractivity contribution in [1.82, 2.24) is 14.9 Å². The molecule has 21 heavy (non-hydrogen) atoms. The maximum absolute atomic E-state index is 11.8. The molecule has 0 atom stereocenters. The summed E-state index contributed by atoms with van der Waals surface area (Å²) in [6, 6.07) is 10.0. The van der Waals surface area contributed by atoms with Crippen molar-refractivity contribution in [2.45, 2.75) is 26.8 Å². The third-order valence-electron chi connectivity index (χ3n) is 3.21. The van der Waals surface area contributed by atoms with Gasteiger partial charge in [0.05, 0.1) is 5.69 Å². The van der Waals surface area contributed by atoms with Crippen LogP contribution in [0.3, 0.4) is 0 Å². The van der Waals surface area contributed by atoms with Crippen molar-refractivity contribution in [3.8, 4) is 11.3 Å². The second-order valence-corrected chi connectivity index (χ2v) is 5.83. The number of H-pyrrole nitrogens is 1. The number of aromatic nitrogens is 2. The first-order valence-corrected chi connectivity index (χ1v) is 7.59. The molecule has 0 saturated carbocycles. The van der Waals surface area contributed by atoms with Gasteiger partial charge in [-0.1, -0.05) is 44.2 Å². The lowest BCUT2D eigenvalue weighted by Gasteiger charge is -2.10. The largest absolute Gasteiger partial charge is 0.356 e. The molecule has 1 aromatic carbocycles. The highest BCUT2D eigenvalue weighted by Gasteiger charge is 2.08. The average Bonchev–Trinajstić information content (AvgIpc) is 2.85. The number of carbonyl (C=O) groups is 1. The van der Waals surface area contributed by atoms with E-state index >= 15 is 0 Å². The Morgan fingerprint density at radius 3 is 2.71 bits per heavy atom. The van der Waals surface area contributed by atoms with E-state index in [-0.39, 0.29) is 5.91 Å². The minimum atomic E-state index is 0.0609. The van der Waals surface area contributed by atoms with Gasteiger partial charge in [0.25, 0.3) is 0 Å². The predicted octanol–water partition coefficient (Wildman–Crippen LogP) is 3.37. The molecule has 0 unspecified atom stereocenters.